The first-order valence-corrected chi connectivity index (χ1v) is 8.79. The van der Waals surface area contributed by atoms with Crippen LogP contribution in [0.3, 0.4) is 0 Å². The highest BCUT2D eigenvalue weighted by molar-refractivity contribution is 5.84. The molecule has 1 saturated heterocycles. The van der Waals surface area contributed by atoms with Gasteiger partial charge in [-0.1, -0.05) is 31.5 Å². The molecule has 2 aromatic carbocycles. The van der Waals surface area contributed by atoms with Gasteiger partial charge in [0.05, 0.1) is 12.7 Å². The molecule has 0 spiro atoms. The second-order valence-electron chi connectivity index (χ2n) is 7.15. The van der Waals surface area contributed by atoms with Gasteiger partial charge in [-0.05, 0) is 47.4 Å². The number of nitrogens with zero attached hydrogens (tertiary/aromatic N) is 1. The van der Waals surface area contributed by atoms with E-state index in [-0.39, 0.29) is 12.4 Å². The maximum Gasteiger partial charge on any atom is 0.116 e. The molecule has 2 aromatic rings. The Labute approximate surface area is 143 Å². The third-order valence-electron chi connectivity index (χ3n) is 5.32. The predicted octanol–water partition coefficient (Wildman–Crippen LogP) is 2.89. The first kappa shape index (κ1) is 17.2. The molecule has 3 N–H and O–H groups in total. The molecule has 0 amide bonds. The number of benzene rings is 2. The van der Waals surface area contributed by atoms with Crippen molar-refractivity contribution in [3.8, 4) is 5.75 Å². The number of likely N-dealkylation sites (tertiary alicyclic amines) is 1. The Morgan fingerprint density at radius 3 is 2.67 bits per heavy atom. The molecular formula is C20H27NO3. The molecule has 130 valence electrons. The van der Waals surface area contributed by atoms with E-state index >= 15 is 0 Å². The third kappa shape index (κ3) is 3.41. The number of aliphatic hydroxyl groups is 2. The predicted molar refractivity (Wildman–Crippen MR) is 95.9 cm³/mol. The molecule has 0 aliphatic carbocycles. The second kappa shape index (κ2) is 7.09. The average Bonchev–Trinajstić information content (AvgIpc) is 2.58. The molecule has 1 heterocycles. The number of piperidine rings is 1. The van der Waals surface area contributed by atoms with E-state index in [9.17, 15) is 15.3 Å². The summed E-state index contributed by atoms with van der Waals surface area (Å²) in [6.45, 7) is 4.53. The molecule has 0 saturated carbocycles. The van der Waals surface area contributed by atoms with Crippen molar-refractivity contribution in [3.05, 3.63) is 42.0 Å². The van der Waals surface area contributed by atoms with E-state index < -0.39 is 11.5 Å². The van der Waals surface area contributed by atoms with E-state index in [1.807, 2.05) is 12.1 Å². The summed E-state index contributed by atoms with van der Waals surface area (Å²) in [5.41, 5.74) is 0.822. The zero-order chi connectivity index (χ0) is 17.2. The molecule has 0 aromatic heterocycles. The Kier molecular flexibility index (Phi) is 5.09. The van der Waals surface area contributed by atoms with E-state index in [0.717, 1.165) is 43.2 Å². The lowest BCUT2D eigenvalue weighted by molar-refractivity contribution is -0.0819. The summed E-state index contributed by atoms with van der Waals surface area (Å²) in [6.07, 6.45) is 2.10. The molecule has 4 nitrogen and oxygen atoms in total. The molecule has 1 fully saturated rings. The largest absolute Gasteiger partial charge is 0.508 e. The number of fused-ring (bicyclic) bond motifs is 1. The highest BCUT2D eigenvalue weighted by Crippen LogP contribution is 2.35. The molecule has 1 aliphatic rings. The number of aliphatic hydroxyl groups excluding tert-OH is 2. The molecular weight excluding hydrogens is 302 g/mol. The van der Waals surface area contributed by atoms with Crippen LogP contribution in [0.5, 0.6) is 5.75 Å². The summed E-state index contributed by atoms with van der Waals surface area (Å²) < 4.78 is 0. The van der Waals surface area contributed by atoms with E-state index in [1.54, 1.807) is 12.1 Å². The summed E-state index contributed by atoms with van der Waals surface area (Å²) in [5, 5.41) is 32.0. The fourth-order valence-corrected chi connectivity index (χ4v) is 3.99. The average molecular weight is 329 g/mol. The van der Waals surface area contributed by atoms with Gasteiger partial charge >= 0.3 is 0 Å². The molecule has 4 heteroatoms. The van der Waals surface area contributed by atoms with Crippen molar-refractivity contribution in [2.45, 2.75) is 38.8 Å². The van der Waals surface area contributed by atoms with Gasteiger partial charge in [0.1, 0.15) is 5.75 Å². The van der Waals surface area contributed by atoms with Crippen molar-refractivity contribution in [2.75, 3.05) is 19.7 Å². The lowest BCUT2D eigenvalue weighted by Gasteiger charge is -2.45. The molecule has 2 atom stereocenters. The number of hydrogen-bond acceptors (Lipinski definition) is 4. The normalized spacial score (nSPS) is 25.2. The lowest BCUT2D eigenvalue weighted by atomic mass is 9.74. The maximum atomic E-state index is 10.4. The Balaban J connectivity index is 1.77. The van der Waals surface area contributed by atoms with Crippen LogP contribution in [0, 0.1) is 5.41 Å². The lowest BCUT2D eigenvalue weighted by Crippen LogP contribution is -2.53. The van der Waals surface area contributed by atoms with Gasteiger partial charge in [-0.2, -0.15) is 0 Å². The number of phenolic OH excluding ortho intramolecular Hbond substituents is 1. The molecule has 0 radical (unpaired) electrons. The number of hydrogen-bond donors (Lipinski definition) is 3. The zero-order valence-electron chi connectivity index (χ0n) is 14.3. The van der Waals surface area contributed by atoms with E-state index in [2.05, 4.69) is 24.0 Å². The van der Waals surface area contributed by atoms with Gasteiger partial charge in [0, 0.05) is 25.0 Å². The van der Waals surface area contributed by atoms with Gasteiger partial charge in [0.15, 0.2) is 0 Å². The standard InChI is InChI=1S/C20H27NO3/c1-2-8-20(14-22)13-21(9-7-19(20)24)12-15-3-4-17-11-18(23)6-5-16(17)10-15/h3-6,10-11,19,22-24H,2,7-9,12-14H2,1H3/t19-,20+/m1/s1. The quantitative estimate of drug-likeness (QED) is 0.789. The molecule has 0 bridgehead atoms. The van der Waals surface area contributed by atoms with E-state index in [1.165, 1.54) is 5.56 Å². The van der Waals surface area contributed by atoms with Gasteiger partial charge in [0.2, 0.25) is 0 Å². The molecule has 1 aliphatic heterocycles. The Morgan fingerprint density at radius 2 is 1.92 bits per heavy atom. The monoisotopic (exact) mass is 329 g/mol. The van der Waals surface area contributed by atoms with Gasteiger partial charge in [-0.15, -0.1) is 0 Å². The summed E-state index contributed by atoms with van der Waals surface area (Å²) in [6, 6.07) is 11.7. The van der Waals surface area contributed by atoms with Gasteiger partial charge < -0.3 is 15.3 Å². The van der Waals surface area contributed by atoms with Gasteiger partial charge in [-0.3, -0.25) is 4.90 Å². The van der Waals surface area contributed by atoms with Crippen LogP contribution < -0.4 is 0 Å². The van der Waals surface area contributed by atoms with Crippen LogP contribution in [0.2, 0.25) is 0 Å². The molecule has 3 rings (SSSR count). The fourth-order valence-electron chi connectivity index (χ4n) is 3.99. The summed E-state index contributed by atoms with van der Waals surface area (Å²) >= 11 is 0. The van der Waals surface area contributed by atoms with Crippen LogP contribution in [-0.2, 0) is 6.54 Å². The van der Waals surface area contributed by atoms with Crippen LogP contribution in [0.25, 0.3) is 10.8 Å². The van der Waals surface area contributed by atoms with Gasteiger partial charge in [0.25, 0.3) is 0 Å². The molecule has 24 heavy (non-hydrogen) atoms. The van der Waals surface area contributed by atoms with Crippen molar-refractivity contribution < 1.29 is 15.3 Å². The van der Waals surface area contributed by atoms with E-state index in [4.69, 9.17) is 0 Å². The van der Waals surface area contributed by atoms with Crippen LogP contribution in [0.15, 0.2) is 36.4 Å². The highest BCUT2D eigenvalue weighted by atomic mass is 16.3. The smallest absolute Gasteiger partial charge is 0.116 e. The van der Waals surface area contributed by atoms with E-state index in [0.29, 0.717) is 6.42 Å². The number of phenols is 1. The highest BCUT2D eigenvalue weighted by Gasteiger charge is 2.41. The van der Waals surface area contributed by atoms with Crippen molar-refractivity contribution >= 4 is 10.8 Å². The van der Waals surface area contributed by atoms with Gasteiger partial charge in [-0.25, -0.2) is 0 Å². The van der Waals surface area contributed by atoms with Crippen LogP contribution >= 0.6 is 0 Å². The number of rotatable bonds is 5. The van der Waals surface area contributed by atoms with Crippen LogP contribution in [0.1, 0.15) is 31.7 Å². The minimum Gasteiger partial charge on any atom is -0.508 e. The van der Waals surface area contributed by atoms with Crippen molar-refractivity contribution in [1.29, 1.82) is 0 Å². The second-order valence-corrected chi connectivity index (χ2v) is 7.15. The Morgan fingerprint density at radius 1 is 1.17 bits per heavy atom. The van der Waals surface area contributed by atoms with Crippen LogP contribution in [-0.4, -0.2) is 46.0 Å². The number of aromatic hydroxyl groups is 1. The topological polar surface area (TPSA) is 63.9 Å². The first-order valence-electron chi connectivity index (χ1n) is 8.79. The zero-order valence-corrected chi connectivity index (χ0v) is 14.3. The summed E-state index contributed by atoms with van der Waals surface area (Å²) in [4.78, 5) is 2.33. The third-order valence-corrected chi connectivity index (χ3v) is 5.32. The summed E-state index contributed by atoms with van der Waals surface area (Å²) in [5.74, 6) is 0.285. The minimum atomic E-state index is -0.418. The Hall–Kier alpha value is -1.62. The Bertz CT molecular complexity index is 702. The first-order chi connectivity index (χ1) is 11.6. The maximum absolute atomic E-state index is 10.4. The fraction of sp³-hybridized carbons (Fsp3) is 0.500. The SMILES string of the molecule is CCC[C@@]1(CO)CN(Cc2ccc3cc(O)ccc3c2)CC[C@H]1O. The van der Waals surface area contributed by atoms with Crippen LogP contribution in [0.4, 0.5) is 0 Å². The molecule has 0 unspecified atom stereocenters. The summed E-state index contributed by atoms with van der Waals surface area (Å²) in [7, 11) is 0. The van der Waals surface area contributed by atoms with Crippen molar-refractivity contribution in [3.63, 3.8) is 0 Å². The van der Waals surface area contributed by atoms with Crippen molar-refractivity contribution in [1.82, 2.24) is 4.90 Å². The minimum absolute atomic E-state index is 0.0372. The van der Waals surface area contributed by atoms with Crippen molar-refractivity contribution in [2.24, 2.45) is 5.41 Å².